The van der Waals surface area contributed by atoms with E-state index in [2.05, 4.69) is 22.8 Å². The highest BCUT2D eigenvalue weighted by molar-refractivity contribution is 7.12. The van der Waals surface area contributed by atoms with Gasteiger partial charge in [0, 0.05) is 17.5 Å². The van der Waals surface area contributed by atoms with E-state index in [1.165, 1.54) is 17.7 Å². The minimum atomic E-state index is -0.0834. The van der Waals surface area contributed by atoms with Gasteiger partial charge in [-0.1, -0.05) is 11.8 Å². The number of rotatable bonds is 5. The van der Waals surface area contributed by atoms with Gasteiger partial charge in [-0.2, -0.15) is 0 Å². The van der Waals surface area contributed by atoms with Gasteiger partial charge in [0.15, 0.2) is 0 Å². The normalized spacial score (nSPS) is 14.3. The smallest absolute Gasteiger partial charge is 0.117 e. The summed E-state index contributed by atoms with van der Waals surface area (Å²) in [7, 11) is 0. The third kappa shape index (κ3) is 3.51. The van der Waals surface area contributed by atoms with Gasteiger partial charge in [-0.05, 0) is 37.1 Å². The van der Waals surface area contributed by atoms with E-state index in [1.807, 2.05) is 18.2 Å². The number of hydrogen-bond acceptors (Lipinski definition) is 4. The van der Waals surface area contributed by atoms with Crippen LogP contribution in [0.4, 0.5) is 0 Å². The topological polar surface area (TPSA) is 36.6 Å². The highest BCUT2D eigenvalue weighted by atomic mass is 32.1. The van der Waals surface area contributed by atoms with E-state index in [-0.39, 0.29) is 6.61 Å². The van der Waals surface area contributed by atoms with Gasteiger partial charge in [0.25, 0.3) is 0 Å². The van der Waals surface area contributed by atoms with Crippen LogP contribution in [-0.4, -0.2) is 22.7 Å². The van der Waals surface area contributed by atoms with Crippen LogP contribution >= 0.6 is 11.3 Å². The van der Waals surface area contributed by atoms with Crippen LogP contribution in [0.1, 0.15) is 28.4 Å². The average molecular weight is 287 g/mol. The first-order valence-electron chi connectivity index (χ1n) is 6.80. The molecule has 1 fully saturated rings. The van der Waals surface area contributed by atoms with Crippen LogP contribution in [0.2, 0.25) is 0 Å². The number of aliphatic hydroxyl groups is 1. The fourth-order valence-electron chi connectivity index (χ4n) is 2.21. The Morgan fingerprint density at radius 3 is 2.90 bits per heavy atom. The molecule has 1 aliphatic carbocycles. The van der Waals surface area contributed by atoms with Crippen LogP contribution in [0.3, 0.4) is 0 Å². The molecule has 2 heterocycles. The van der Waals surface area contributed by atoms with Crippen molar-refractivity contribution >= 4 is 11.3 Å². The fraction of sp³-hybridized carbons (Fsp3) is 0.375. The van der Waals surface area contributed by atoms with Gasteiger partial charge in [-0.25, -0.2) is 0 Å². The summed E-state index contributed by atoms with van der Waals surface area (Å²) in [6.07, 6.45) is 4.29. The Morgan fingerprint density at radius 1 is 1.30 bits per heavy atom. The molecule has 0 aliphatic heterocycles. The standard InChI is InChI=1S/C16H17NO2S/c18-9-1-4-15-7-8-16(20-15)12-17(13-5-6-13)11-14-3-2-10-19-14/h2-3,7-8,10,13,18H,5-6,9,11-12H2. The zero-order valence-corrected chi connectivity index (χ0v) is 12.0. The predicted octanol–water partition coefficient (Wildman–Crippen LogP) is 2.85. The van der Waals surface area contributed by atoms with Crippen LogP contribution < -0.4 is 0 Å². The van der Waals surface area contributed by atoms with E-state index < -0.39 is 0 Å². The quantitative estimate of drug-likeness (QED) is 0.859. The van der Waals surface area contributed by atoms with E-state index in [4.69, 9.17) is 9.52 Å². The molecule has 0 bridgehead atoms. The Labute approximate surface area is 122 Å². The van der Waals surface area contributed by atoms with Gasteiger partial charge in [0.05, 0.1) is 17.7 Å². The third-order valence-electron chi connectivity index (χ3n) is 3.31. The lowest BCUT2D eigenvalue weighted by atomic mass is 10.3. The SMILES string of the molecule is OCC#Cc1ccc(CN(Cc2ccco2)C2CC2)s1. The molecule has 0 radical (unpaired) electrons. The number of nitrogens with zero attached hydrogens (tertiary/aromatic N) is 1. The minimum Gasteiger partial charge on any atom is -0.468 e. The van der Waals surface area contributed by atoms with E-state index in [9.17, 15) is 0 Å². The summed E-state index contributed by atoms with van der Waals surface area (Å²) in [5.41, 5.74) is 0. The lowest BCUT2D eigenvalue weighted by molar-refractivity contribution is 0.227. The van der Waals surface area contributed by atoms with Crippen LogP contribution in [0.5, 0.6) is 0 Å². The summed E-state index contributed by atoms with van der Waals surface area (Å²) >= 11 is 1.70. The van der Waals surface area contributed by atoms with E-state index in [0.717, 1.165) is 23.7 Å². The van der Waals surface area contributed by atoms with Crippen LogP contribution in [0.15, 0.2) is 34.9 Å². The number of furan rings is 1. The first-order valence-corrected chi connectivity index (χ1v) is 7.61. The zero-order valence-electron chi connectivity index (χ0n) is 11.2. The lowest BCUT2D eigenvalue weighted by Gasteiger charge is -2.19. The molecule has 0 atom stereocenters. The van der Waals surface area contributed by atoms with E-state index in [1.54, 1.807) is 17.6 Å². The maximum absolute atomic E-state index is 8.72. The summed E-state index contributed by atoms with van der Waals surface area (Å²) in [5, 5.41) is 8.72. The summed E-state index contributed by atoms with van der Waals surface area (Å²) in [6.45, 7) is 1.73. The molecule has 1 saturated carbocycles. The van der Waals surface area contributed by atoms with Gasteiger partial charge in [-0.3, -0.25) is 4.90 Å². The van der Waals surface area contributed by atoms with Crippen molar-refractivity contribution in [1.29, 1.82) is 0 Å². The van der Waals surface area contributed by atoms with Crippen LogP contribution in [0.25, 0.3) is 0 Å². The molecular formula is C16H17NO2S. The second-order valence-corrected chi connectivity index (χ2v) is 6.11. The molecular weight excluding hydrogens is 270 g/mol. The Balaban J connectivity index is 1.65. The highest BCUT2D eigenvalue weighted by Crippen LogP contribution is 2.31. The van der Waals surface area contributed by atoms with Crippen molar-refractivity contribution in [1.82, 2.24) is 4.90 Å². The summed E-state index contributed by atoms with van der Waals surface area (Å²) < 4.78 is 5.45. The molecule has 3 rings (SSSR count). The summed E-state index contributed by atoms with van der Waals surface area (Å²) in [4.78, 5) is 4.79. The van der Waals surface area contributed by atoms with Gasteiger partial charge >= 0.3 is 0 Å². The number of aliphatic hydroxyl groups excluding tert-OH is 1. The number of hydrogen-bond donors (Lipinski definition) is 1. The highest BCUT2D eigenvalue weighted by Gasteiger charge is 2.29. The monoisotopic (exact) mass is 287 g/mol. The van der Waals surface area contributed by atoms with Gasteiger partial charge in [0.2, 0.25) is 0 Å². The van der Waals surface area contributed by atoms with Crippen molar-refractivity contribution in [3.8, 4) is 11.8 Å². The Hall–Kier alpha value is -1.54. The molecule has 0 saturated heterocycles. The molecule has 1 aliphatic rings. The molecule has 2 aromatic rings. The minimum absolute atomic E-state index is 0.0834. The second kappa shape index (κ2) is 6.27. The molecule has 1 N–H and O–H groups in total. The molecule has 0 amide bonds. The maximum Gasteiger partial charge on any atom is 0.117 e. The summed E-state index contributed by atoms with van der Waals surface area (Å²) in [6, 6.07) is 8.81. The van der Waals surface area contributed by atoms with Crippen molar-refractivity contribution in [3.63, 3.8) is 0 Å². The Bertz CT molecular complexity index is 602. The maximum atomic E-state index is 8.72. The molecule has 4 heteroatoms. The molecule has 2 aromatic heterocycles. The summed E-state index contributed by atoms with van der Waals surface area (Å²) in [5.74, 6) is 6.67. The average Bonchev–Trinajstić information content (AvgIpc) is 3.00. The van der Waals surface area contributed by atoms with Crippen molar-refractivity contribution in [2.45, 2.75) is 32.0 Å². The van der Waals surface area contributed by atoms with Crippen LogP contribution in [0, 0.1) is 11.8 Å². The lowest BCUT2D eigenvalue weighted by Crippen LogP contribution is -2.24. The van der Waals surface area contributed by atoms with E-state index in [0.29, 0.717) is 6.04 Å². The van der Waals surface area contributed by atoms with Crippen molar-refractivity contribution in [2.75, 3.05) is 6.61 Å². The molecule has 20 heavy (non-hydrogen) atoms. The largest absolute Gasteiger partial charge is 0.468 e. The van der Waals surface area contributed by atoms with Crippen LogP contribution in [-0.2, 0) is 13.1 Å². The van der Waals surface area contributed by atoms with Gasteiger partial charge in [0.1, 0.15) is 12.4 Å². The third-order valence-corrected chi connectivity index (χ3v) is 4.30. The van der Waals surface area contributed by atoms with Gasteiger partial charge in [-0.15, -0.1) is 11.3 Å². The first kappa shape index (κ1) is 13.4. The Kier molecular flexibility index (Phi) is 4.22. The van der Waals surface area contributed by atoms with E-state index >= 15 is 0 Å². The van der Waals surface area contributed by atoms with Crippen molar-refractivity contribution < 1.29 is 9.52 Å². The molecule has 0 spiro atoms. The molecule has 104 valence electrons. The predicted molar refractivity (Wildman–Crippen MR) is 79.3 cm³/mol. The first-order chi connectivity index (χ1) is 9.85. The molecule has 0 aromatic carbocycles. The molecule has 0 unspecified atom stereocenters. The second-order valence-electron chi connectivity index (χ2n) is 4.94. The van der Waals surface area contributed by atoms with Crippen molar-refractivity contribution in [3.05, 3.63) is 46.0 Å². The fourth-order valence-corrected chi connectivity index (χ4v) is 3.12. The van der Waals surface area contributed by atoms with Gasteiger partial charge < -0.3 is 9.52 Å². The molecule has 3 nitrogen and oxygen atoms in total. The van der Waals surface area contributed by atoms with Crippen molar-refractivity contribution in [2.24, 2.45) is 0 Å². The Morgan fingerprint density at radius 2 is 2.20 bits per heavy atom. The zero-order chi connectivity index (χ0) is 13.8. The number of thiophene rings is 1.